The molecule has 0 unspecified atom stereocenters. The number of hydrogen-bond acceptors (Lipinski definition) is 3. The van der Waals surface area contributed by atoms with Crippen LogP contribution in [0.25, 0.3) is 6.08 Å². The average Bonchev–Trinajstić information content (AvgIpc) is 2.67. The predicted molar refractivity (Wildman–Crippen MR) is 107 cm³/mol. The van der Waals surface area contributed by atoms with Gasteiger partial charge in [-0.2, -0.15) is 13.2 Å². The van der Waals surface area contributed by atoms with Gasteiger partial charge >= 0.3 is 6.18 Å². The second kappa shape index (κ2) is 9.35. The fraction of sp³-hybridized carbons (Fsp3) is 0.333. The standard InChI is InChI=1S/C21H20ClF3O2S/c1-14(10-15-2-6-17(7-3-15)21(23,24)25)20-26-11-19(12-27-20)28-13-16-4-8-18(22)9-5-16/h2-10,19-20H,11-13H2,1H3. The molecule has 7 heteroatoms. The minimum absolute atomic E-state index is 0.228. The van der Waals surface area contributed by atoms with Crippen molar-refractivity contribution in [3.63, 3.8) is 0 Å². The highest BCUT2D eigenvalue weighted by molar-refractivity contribution is 7.99. The summed E-state index contributed by atoms with van der Waals surface area (Å²) in [5.41, 5.74) is 2.03. The van der Waals surface area contributed by atoms with E-state index in [1.54, 1.807) is 17.8 Å². The lowest BCUT2D eigenvalue weighted by Gasteiger charge is -2.29. The molecule has 0 bridgehead atoms. The van der Waals surface area contributed by atoms with Crippen molar-refractivity contribution in [1.82, 2.24) is 0 Å². The highest BCUT2D eigenvalue weighted by Crippen LogP contribution is 2.30. The molecule has 1 aliphatic heterocycles. The molecule has 1 heterocycles. The van der Waals surface area contributed by atoms with Gasteiger partial charge in [0.15, 0.2) is 6.29 Å². The Morgan fingerprint density at radius 3 is 2.25 bits per heavy atom. The molecule has 2 aromatic carbocycles. The van der Waals surface area contributed by atoms with Gasteiger partial charge in [-0.3, -0.25) is 0 Å². The molecule has 2 nitrogen and oxygen atoms in total. The van der Waals surface area contributed by atoms with Crippen LogP contribution in [0.2, 0.25) is 5.02 Å². The van der Waals surface area contributed by atoms with E-state index in [1.807, 2.05) is 31.2 Å². The molecular formula is C21H20ClF3O2S. The van der Waals surface area contributed by atoms with Crippen LogP contribution in [-0.4, -0.2) is 24.8 Å². The zero-order valence-corrected chi connectivity index (χ0v) is 16.8. The maximum atomic E-state index is 12.6. The number of alkyl halides is 3. The Labute approximate surface area is 171 Å². The van der Waals surface area contributed by atoms with Gasteiger partial charge in [0, 0.05) is 10.8 Å². The van der Waals surface area contributed by atoms with Gasteiger partial charge in [0.25, 0.3) is 0 Å². The molecule has 0 radical (unpaired) electrons. The van der Waals surface area contributed by atoms with E-state index in [2.05, 4.69) is 0 Å². The van der Waals surface area contributed by atoms with Crippen LogP contribution >= 0.6 is 23.4 Å². The summed E-state index contributed by atoms with van der Waals surface area (Å²) in [6.07, 6.45) is -3.02. The van der Waals surface area contributed by atoms with Gasteiger partial charge < -0.3 is 9.47 Å². The predicted octanol–water partition coefficient (Wildman–Crippen LogP) is 6.44. The molecule has 0 aliphatic carbocycles. The lowest BCUT2D eigenvalue weighted by Crippen LogP contribution is -2.34. The maximum absolute atomic E-state index is 12.6. The Hall–Kier alpha value is -1.47. The van der Waals surface area contributed by atoms with Gasteiger partial charge in [0.05, 0.1) is 24.0 Å². The van der Waals surface area contributed by atoms with Crippen LogP contribution in [0.1, 0.15) is 23.6 Å². The van der Waals surface area contributed by atoms with E-state index < -0.39 is 18.0 Å². The van der Waals surface area contributed by atoms with Crippen molar-refractivity contribution < 1.29 is 22.6 Å². The molecule has 150 valence electrons. The van der Waals surface area contributed by atoms with Crippen LogP contribution in [0.15, 0.2) is 54.1 Å². The largest absolute Gasteiger partial charge is 0.416 e. The number of benzene rings is 2. The van der Waals surface area contributed by atoms with Crippen molar-refractivity contribution >= 4 is 29.4 Å². The second-order valence-electron chi connectivity index (χ2n) is 6.57. The van der Waals surface area contributed by atoms with Crippen LogP contribution in [0.3, 0.4) is 0 Å². The molecular weight excluding hydrogens is 409 g/mol. The molecule has 0 N–H and O–H groups in total. The fourth-order valence-corrected chi connectivity index (χ4v) is 3.83. The lowest BCUT2D eigenvalue weighted by molar-refractivity contribution is -0.152. The normalized spacial score (nSPS) is 21.0. The lowest BCUT2D eigenvalue weighted by atomic mass is 10.1. The van der Waals surface area contributed by atoms with E-state index in [1.165, 1.54) is 17.7 Å². The Morgan fingerprint density at radius 1 is 1.07 bits per heavy atom. The number of thioether (sulfide) groups is 1. The number of ether oxygens (including phenoxy) is 2. The first-order chi connectivity index (χ1) is 13.3. The minimum Gasteiger partial charge on any atom is -0.347 e. The Morgan fingerprint density at radius 2 is 1.68 bits per heavy atom. The highest BCUT2D eigenvalue weighted by Gasteiger charge is 2.30. The SMILES string of the molecule is CC(=Cc1ccc(C(F)(F)F)cc1)C1OCC(SCc2ccc(Cl)cc2)CO1. The first-order valence-corrected chi connectivity index (χ1v) is 10.2. The summed E-state index contributed by atoms with van der Waals surface area (Å²) in [5.74, 6) is 0.847. The molecule has 0 spiro atoms. The molecule has 3 rings (SSSR count). The van der Waals surface area contributed by atoms with Crippen molar-refractivity contribution in [3.05, 3.63) is 75.8 Å². The van der Waals surface area contributed by atoms with Gasteiger partial charge in [-0.25, -0.2) is 0 Å². The minimum atomic E-state index is -4.33. The second-order valence-corrected chi connectivity index (χ2v) is 8.29. The van der Waals surface area contributed by atoms with Crippen molar-refractivity contribution in [1.29, 1.82) is 0 Å². The first-order valence-electron chi connectivity index (χ1n) is 8.76. The summed E-state index contributed by atoms with van der Waals surface area (Å²) in [5, 5.41) is 0.946. The van der Waals surface area contributed by atoms with E-state index in [0.717, 1.165) is 28.5 Å². The van der Waals surface area contributed by atoms with Gasteiger partial charge in [0.2, 0.25) is 0 Å². The van der Waals surface area contributed by atoms with Crippen LogP contribution in [0, 0.1) is 0 Å². The molecule has 28 heavy (non-hydrogen) atoms. The van der Waals surface area contributed by atoms with Crippen molar-refractivity contribution in [2.24, 2.45) is 0 Å². The van der Waals surface area contributed by atoms with E-state index in [4.69, 9.17) is 21.1 Å². The Kier molecular flexibility index (Phi) is 7.10. The molecule has 0 amide bonds. The smallest absolute Gasteiger partial charge is 0.347 e. The molecule has 1 fully saturated rings. The van der Waals surface area contributed by atoms with E-state index >= 15 is 0 Å². The average molecular weight is 429 g/mol. The van der Waals surface area contributed by atoms with Crippen LogP contribution in [0.5, 0.6) is 0 Å². The van der Waals surface area contributed by atoms with E-state index in [-0.39, 0.29) is 5.25 Å². The maximum Gasteiger partial charge on any atom is 0.416 e. The third-order valence-electron chi connectivity index (χ3n) is 4.27. The van der Waals surface area contributed by atoms with E-state index in [0.29, 0.717) is 18.8 Å². The number of halogens is 4. The molecule has 1 saturated heterocycles. The first kappa shape index (κ1) is 21.2. The summed E-state index contributed by atoms with van der Waals surface area (Å²) in [7, 11) is 0. The van der Waals surface area contributed by atoms with Gasteiger partial charge in [-0.15, -0.1) is 11.8 Å². The number of rotatable bonds is 5. The summed E-state index contributed by atoms with van der Waals surface area (Å²) >= 11 is 7.65. The quantitative estimate of drug-likeness (QED) is 0.546. The van der Waals surface area contributed by atoms with Crippen LogP contribution < -0.4 is 0 Å². The summed E-state index contributed by atoms with van der Waals surface area (Å²) in [4.78, 5) is 0. The molecule has 0 aromatic heterocycles. The van der Waals surface area contributed by atoms with Crippen molar-refractivity contribution in [3.8, 4) is 0 Å². The third-order valence-corrected chi connectivity index (χ3v) is 5.77. The Balaban J connectivity index is 1.49. The zero-order chi connectivity index (χ0) is 20.1. The third kappa shape index (κ3) is 6.01. The van der Waals surface area contributed by atoms with Gasteiger partial charge in [0.1, 0.15) is 0 Å². The van der Waals surface area contributed by atoms with E-state index in [9.17, 15) is 13.2 Å². The van der Waals surface area contributed by atoms with Crippen LogP contribution in [0.4, 0.5) is 13.2 Å². The zero-order valence-electron chi connectivity index (χ0n) is 15.2. The molecule has 0 saturated carbocycles. The van der Waals surface area contributed by atoms with Gasteiger partial charge in [-0.05, 0) is 47.9 Å². The summed E-state index contributed by atoms with van der Waals surface area (Å²) in [6.45, 7) is 2.96. The van der Waals surface area contributed by atoms with Crippen LogP contribution in [-0.2, 0) is 21.4 Å². The number of hydrogen-bond donors (Lipinski definition) is 0. The summed E-state index contributed by atoms with van der Waals surface area (Å²) < 4.78 is 49.5. The monoisotopic (exact) mass is 428 g/mol. The molecule has 1 aliphatic rings. The Bertz CT molecular complexity index is 796. The van der Waals surface area contributed by atoms with Gasteiger partial charge in [-0.1, -0.05) is 41.9 Å². The van der Waals surface area contributed by atoms with Crippen molar-refractivity contribution in [2.45, 2.75) is 30.4 Å². The summed E-state index contributed by atoms with van der Waals surface area (Å²) in [6, 6.07) is 12.8. The molecule has 0 atom stereocenters. The molecule has 2 aromatic rings. The topological polar surface area (TPSA) is 18.5 Å². The fourth-order valence-electron chi connectivity index (χ4n) is 2.74. The van der Waals surface area contributed by atoms with Crippen molar-refractivity contribution in [2.75, 3.05) is 13.2 Å². The highest BCUT2D eigenvalue weighted by atomic mass is 35.5.